The van der Waals surface area contributed by atoms with Gasteiger partial charge in [0.25, 0.3) is 0 Å². The Labute approximate surface area is 91.3 Å². The number of benzene rings is 1. The topological polar surface area (TPSA) is 26.3 Å². The van der Waals surface area contributed by atoms with Gasteiger partial charge in [-0.3, -0.25) is 4.79 Å². The Morgan fingerprint density at radius 2 is 1.80 bits per heavy atom. The second-order valence-electron chi connectivity index (χ2n) is 3.56. The molecule has 0 aliphatic heterocycles. The van der Waals surface area contributed by atoms with Crippen molar-refractivity contribution in [2.75, 3.05) is 6.61 Å². The first-order valence-electron chi connectivity index (χ1n) is 5.48. The fourth-order valence-corrected chi connectivity index (χ4v) is 1.73. The van der Waals surface area contributed by atoms with Crippen molar-refractivity contribution in [3.05, 3.63) is 29.8 Å². The van der Waals surface area contributed by atoms with E-state index in [1.807, 2.05) is 12.1 Å². The zero-order valence-electron chi connectivity index (χ0n) is 9.40. The van der Waals surface area contributed by atoms with Crippen LogP contribution in [0, 0.1) is 0 Å². The van der Waals surface area contributed by atoms with Crippen molar-refractivity contribution in [2.45, 2.75) is 32.6 Å². The maximum Gasteiger partial charge on any atom is 0.157 e. The minimum atomic E-state index is 0.129. The lowest BCUT2D eigenvalue weighted by Crippen LogP contribution is -1.99. The molecule has 0 fully saturated rings. The average molecular weight is 206 g/mol. The van der Waals surface area contributed by atoms with Crippen LogP contribution in [0.5, 0.6) is 5.75 Å². The zero-order valence-corrected chi connectivity index (χ0v) is 9.40. The lowest BCUT2D eigenvalue weighted by Gasteiger charge is -2.13. The predicted molar refractivity (Wildman–Crippen MR) is 61.3 cm³/mol. The van der Waals surface area contributed by atoms with Crippen molar-refractivity contribution in [1.82, 2.24) is 0 Å². The molecule has 15 heavy (non-hydrogen) atoms. The van der Waals surface area contributed by atoms with Crippen LogP contribution in [-0.4, -0.2) is 12.9 Å². The van der Waals surface area contributed by atoms with Gasteiger partial charge in [-0.15, -0.1) is 0 Å². The molecule has 0 aliphatic rings. The highest BCUT2D eigenvalue weighted by Gasteiger charge is 2.06. The molecule has 2 nitrogen and oxygen atoms in total. The molecule has 0 aromatic heterocycles. The minimum Gasteiger partial charge on any atom is -0.486 e. The van der Waals surface area contributed by atoms with Crippen molar-refractivity contribution in [3.8, 4) is 5.75 Å². The molecule has 0 unspecified atom stereocenters. The van der Waals surface area contributed by atoms with Gasteiger partial charge in [0.1, 0.15) is 12.4 Å². The van der Waals surface area contributed by atoms with Crippen molar-refractivity contribution < 1.29 is 9.53 Å². The third kappa shape index (κ3) is 3.39. The highest BCUT2D eigenvalue weighted by molar-refractivity contribution is 5.51. The second kappa shape index (κ2) is 6.23. The Balaban J connectivity index is 2.66. The summed E-state index contributed by atoms with van der Waals surface area (Å²) in [4.78, 5) is 10.1. The standard InChI is InChI=1S/C13H18O2/c1-3-11(4-2)12-5-7-13(8-6-12)15-10-9-14/h5-9,11H,3-4,10H2,1-2H3. The summed E-state index contributed by atoms with van der Waals surface area (Å²) in [6.45, 7) is 4.53. The third-order valence-electron chi connectivity index (χ3n) is 2.66. The highest BCUT2D eigenvalue weighted by atomic mass is 16.5. The number of carbonyl (C=O) groups excluding carboxylic acids is 1. The quantitative estimate of drug-likeness (QED) is 0.668. The van der Waals surface area contributed by atoms with Crippen LogP contribution in [-0.2, 0) is 4.79 Å². The monoisotopic (exact) mass is 206 g/mol. The normalized spacial score (nSPS) is 10.3. The summed E-state index contributed by atoms with van der Waals surface area (Å²) >= 11 is 0. The molecule has 82 valence electrons. The van der Waals surface area contributed by atoms with E-state index in [1.165, 1.54) is 5.56 Å². The summed E-state index contributed by atoms with van der Waals surface area (Å²) in [5.74, 6) is 1.39. The van der Waals surface area contributed by atoms with Crippen molar-refractivity contribution in [1.29, 1.82) is 0 Å². The van der Waals surface area contributed by atoms with E-state index in [1.54, 1.807) is 0 Å². The van der Waals surface area contributed by atoms with E-state index in [9.17, 15) is 4.79 Å². The smallest absolute Gasteiger partial charge is 0.157 e. The minimum absolute atomic E-state index is 0.129. The molecule has 0 N–H and O–H groups in total. The van der Waals surface area contributed by atoms with Gasteiger partial charge >= 0.3 is 0 Å². The first kappa shape index (κ1) is 11.8. The maximum absolute atomic E-state index is 10.1. The second-order valence-corrected chi connectivity index (χ2v) is 3.56. The van der Waals surface area contributed by atoms with E-state index in [4.69, 9.17) is 4.74 Å². The summed E-state index contributed by atoms with van der Waals surface area (Å²) in [5, 5.41) is 0. The number of aldehydes is 1. The molecule has 0 amide bonds. The summed E-state index contributed by atoms with van der Waals surface area (Å²) in [6.07, 6.45) is 3.07. The van der Waals surface area contributed by atoms with Crippen LogP contribution < -0.4 is 4.74 Å². The molecule has 0 spiro atoms. The molecule has 1 aromatic carbocycles. The summed E-state index contributed by atoms with van der Waals surface area (Å²) in [5.41, 5.74) is 1.35. The number of rotatable bonds is 6. The first-order valence-corrected chi connectivity index (χ1v) is 5.48. The average Bonchev–Trinajstić information content (AvgIpc) is 2.29. The molecular weight excluding hydrogens is 188 g/mol. The van der Waals surface area contributed by atoms with Gasteiger partial charge in [0.15, 0.2) is 6.29 Å². The molecule has 0 saturated carbocycles. The van der Waals surface area contributed by atoms with Crippen LogP contribution in [0.25, 0.3) is 0 Å². The largest absolute Gasteiger partial charge is 0.486 e. The molecule has 0 bridgehead atoms. The lowest BCUT2D eigenvalue weighted by molar-refractivity contribution is -0.109. The van der Waals surface area contributed by atoms with E-state index < -0.39 is 0 Å². The van der Waals surface area contributed by atoms with Crippen molar-refractivity contribution >= 4 is 6.29 Å². The van der Waals surface area contributed by atoms with Crippen LogP contribution in [0.15, 0.2) is 24.3 Å². The Kier molecular flexibility index (Phi) is 4.88. The molecule has 0 saturated heterocycles. The van der Waals surface area contributed by atoms with Gasteiger partial charge < -0.3 is 4.74 Å². The van der Waals surface area contributed by atoms with Gasteiger partial charge in [-0.25, -0.2) is 0 Å². The summed E-state index contributed by atoms with van der Waals surface area (Å²) in [6, 6.07) is 8.02. The molecule has 2 heteroatoms. The van der Waals surface area contributed by atoms with Gasteiger partial charge in [-0.1, -0.05) is 26.0 Å². The molecule has 0 heterocycles. The zero-order chi connectivity index (χ0) is 11.1. The number of ether oxygens (including phenoxy) is 1. The number of carbonyl (C=O) groups is 1. The van der Waals surface area contributed by atoms with Crippen molar-refractivity contribution in [3.63, 3.8) is 0 Å². The van der Waals surface area contributed by atoms with E-state index in [-0.39, 0.29) is 6.61 Å². The number of hydrogen-bond acceptors (Lipinski definition) is 2. The van der Waals surface area contributed by atoms with Gasteiger partial charge in [0.05, 0.1) is 0 Å². The molecular formula is C13H18O2. The van der Waals surface area contributed by atoms with Crippen molar-refractivity contribution in [2.24, 2.45) is 0 Å². The Bertz CT molecular complexity index is 286. The SMILES string of the molecule is CCC(CC)c1ccc(OCC=O)cc1. The van der Waals surface area contributed by atoms with Crippen LogP contribution in [0.2, 0.25) is 0 Å². The van der Waals surface area contributed by atoms with Crippen LogP contribution >= 0.6 is 0 Å². The van der Waals surface area contributed by atoms with Gasteiger partial charge in [-0.05, 0) is 36.5 Å². The maximum atomic E-state index is 10.1. The van der Waals surface area contributed by atoms with Gasteiger partial charge in [-0.2, -0.15) is 0 Å². The summed E-state index contributed by atoms with van der Waals surface area (Å²) < 4.78 is 5.19. The summed E-state index contributed by atoms with van der Waals surface area (Å²) in [7, 11) is 0. The van der Waals surface area contributed by atoms with E-state index in [0.29, 0.717) is 5.92 Å². The Morgan fingerprint density at radius 1 is 1.20 bits per heavy atom. The third-order valence-corrected chi connectivity index (χ3v) is 2.66. The lowest BCUT2D eigenvalue weighted by atomic mass is 9.94. The fraction of sp³-hybridized carbons (Fsp3) is 0.462. The van der Waals surface area contributed by atoms with Gasteiger partial charge in [0.2, 0.25) is 0 Å². The van der Waals surface area contributed by atoms with E-state index in [0.717, 1.165) is 24.9 Å². The van der Waals surface area contributed by atoms with Crippen LogP contribution in [0.4, 0.5) is 0 Å². The molecule has 0 radical (unpaired) electrons. The Morgan fingerprint density at radius 3 is 2.27 bits per heavy atom. The molecule has 0 atom stereocenters. The van der Waals surface area contributed by atoms with E-state index in [2.05, 4.69) is 26.0 Å². The van der Waals surface area contributed by atoms with E-state index >= 15 is 0 Å². The highest BCUT2D eigenvalue weighted by Crippen LogP contribution is 2.24. The molecule has 0 aliphatic carbocycles. The predicted octanol–water partition coefficient (Wildman–Crippen LogP) is 3.17. The van der Waals surface area contributed by atoms with Crippen LogP contribution in [0.1, 0.15) is 38.2 Å². The fourth-order valence-electron chi connectivity index (χ4n) is 1.73. The Hall–Kier alpha value is -1.31. The number of hydrogen-bond donors (Lipinski definition) is 0. The first-order chi connectivity index (χ1) is 7.31. The molecule has 1 aromatic rings. The van der Waals surface area contributed by atoms with Crippen LogP contribution in [0.3, 0.4) is 0 Å². The molecule has 1 rings (SSSR count). The van der Waals surface area contributed by atoms with Gasteiger partial charge in [0, 0.05) is 0 Å².